The van der Waals surface area contributed by atoms with Gasteiger partial charge in [0.15, 0.2) is 0 Å². The molecule has 3 heteroatoms. The summed E-state index contributed by atoms with van der Waals surface area (Å²) in [6, 6.07) is 2.60. The first-order valence-electron chi connectivity index (χ1n) is 5.14. The van der Waals surface area contributed by atoms with Gasteiger partial charge in [0.2, 0.25) is 0 Å². The molecule has 1 aromatic rings. The summed E-state index contributed by atoms with van der Waals surface area (Å²) < 4.78 is 5.24. The van der Waals surface area contributed by atoms with Crippen molar-refractivity contribution in [2.45, 2.75) is 38.1 Å². The fraction of sp³-hybridized carbons (Fsp3) is 0.636. The van der Waals surface area contributed by atoms with E-state index in [1.165, 1.54) is 11.3 Å². The van der Waals surface area contributed by atoms with E-state index in [2.05, 4.69) is 19.2 Å². The summed E-state index contributed by atoms with van der Waals surface area (Å²) in [6.07, 6.45) is 2.95. The maximum atomic E-state index is 5.24. The third kappa shape index (κ3) is 3.76. The lowest BCUT2D eigenvalue weighted by Crippen LogP contribution is -2.28. The van der Waals surface area contributed by atoms with E-state index in [4.69, 9.17) is 4.42 Å². The van der Waals surface area contributed by atoms with E-state index < -0.39 is 0 Å². The van der Waals surface area contributed by atoms with E-state index in [0.29, 0.717) is 6.04 Å². The first kappa shape index (κ1) is 11.7. The van der Waals surface area contributed by atoms with Gasteiger partial charge >= 0.3 is 0 Å². The highest BCUT2D eigenvalue weighted by atomic mass is 32.2. The minimum absolute atomic E-state index is 0.564. The van der Waals surface area contributed by atoms with Crippen LogP contribution >= 0.6 is 11.8 Å². The monoisotopic (exact) mass is 213 g/mol. The van der Waals surface area contributed by atoms with Crippen LogP contribution in [0.2, 0.25) is 0 Å². The number of thioether (sulfide) groups is 1. The largest absolute Gasteiger partial charge is 0.468 e. The van der Waals surface area contributed by atoms with Crippen molar-refractivity contribution < 1.29 is 4.42 Å². The average molecular weight is 213 g/mol. The molecule has 1 aromatic heterocycles. The maximum Gasteiger partial charge on any atom is 0.114 e. The van der Waals surface area contributed by atoms with E-state index in [1.54, 1.807) is 6.26 Å². The molecule has 0 fully saturated rings. The number of rotatable bonds is 6. The Balaban J connectivity index is 2.23. The second-order valence-corrected chi connectivity index (χ2v) is 4.57. The molecule has 1 atom stereocenters. The van der Waals surface area contributed by atoms with Crippen molar-refractivity contribution in [3.8, 4) is 0 Å². The van der Waals surface area contributed by atoms with Crippen molar-refractivity contribution in [2.24, 2.45) is 0 Å². The van der Waals surface area contributed by atoms with Crippen molar-refractivity contribution in [1.82, 2.24) is 5.32 Å². The first-order chi connectivity index (χ1) is 6.74. The molecule has 0 amide bonds. The zero-order valence-corrected chi connectivity index (χ0v) is 9.99. The molecule has 0 spiro atoms. The van der Waals surface area contributed by atoms with Gasteiger partial charge in [-0.15, -0.1) is 11.8 Å². The summed E-state index contributed by atoms with van der Waals surface area (Å²) in [7, 11) is 0. The number of nitrogens with one attached hydrogen (secondary N) is 1. The Morgan fingerprint density at radius 1 is 1.57 bits per heavy atom. The molecule has 1 unspecified atom stereocenters. The topological polar surface area (TPSA) is 25.2 Å². The smallest absolute Gasteiger partial charge is 0.114 e. The molecular formula is C11H19NOS. The molecule has 1 N–H and O–H groups in total. The van der Waals surface area contributed by atoms with Crippen LogP contribution in [-0.4, -0.2) is 18.3 Å². The van der Waals surface area contributed by atoms with Gasteiger partial charge in [-0.3, -0.25) is 0 Å². The normalized spacial score (nSPS) is 13.1. The van der Waals surface area contributed by atoms with Crippen LogP contribution in [0, 0.1) is 6.92 Å². The SMILES string of the molecule is CCCNC(C)CSc1ccoc1C. The average Bonchev–Trinajstić information content (AvgIpc) is 2.58. The van der Waals surface area contributed by atoms with Crippen molar-refractivity contribution in [3.63, 3.8) is 0 Å². The number of hydrogen-bond acceptors (Lipinski definition) is 3. The van der Waals surface area contributed by atoms with Gasteiger partial charge in [0.05, 0.1) is 6.26 Å². The Labute approximate surface area is 90.5 Å². The molecule has 1 heterocycles. The first-order valence-corrected chi connectivity index (χ1v) is 6.13. The van der Waals surface area contributed by atoms with Gasteiger partial charge < -0.3 is 9.73 Å². The fourth-order valence-electron chi connectivity index (χ4n) is 1.19. The molecule has 0 aliphatic rings. The van der Waals surface area contributed by atoms with E-state index in [0.717, 1.165) is 18.1 Å². The molecule has 0 aromatic carbocycles. The molecule has 14 heavy (non-hydrogen) atoms. The summed E-state index contributed by atoms with van der Waals surface area (Å²) in [4.78, 5) is 1.26. The standard InChI is InChI=1S/C11H19NOS/c1-4-6-12-9(2)8-14-11-5-7-13-10(11)3/h5,7,9,12H,4,6,8H2,1-3H3. The Morgan fingerprint density at radius 3 is 2.93 bits per heavy atom. The molecule has 1 rings (SSSR count). The zero-order valence-electron chi connectivity index (χ0n) is 9.17. The third-order valence-corrected chi connectivity index (χ3v) is 3.44. The van der Waals surface area contributed by atoms with Crippen LogP contribution in [0.3, 0.4) is 0 Å². The van der Waals surface area contributed by atoms with Crippen LogP contribution < -0.4 is 5.32 Å². The van der Waals surface area contributed by atoms with Crippen LogP contribution in [0.5, 0.6) is 0 Å². The summed E-state index contributed by atoms with van der Waals surface area (Å²) in [5.41, 5.74) is 0. The highest BCUT2D eigenvalue weighted by Crippen LogP contribution is 2.23. The minimum atomic E-state index is 0.564. The maximum absolute atomic E-state index is 5.24. The zero-order chi connectivity index (χ0) is 10.4. The summed E-state index contributed by atoms with van der Waals surface area (Å²) in [5.74, 6) is 2.12. The highest BCUT2D eigenvalue weighted by Gasteiger charge is 2.05. The van der Waals surface area contributed by atoms with Crippen LogP contribution in [0.25, 0.3) is 0 Å². The van der Waals surface area contributed by atoms with Crippen molar-refractivity contribution in [3.05, 3.63) is 18.1 Å². The Hall–Kier alpha value is -0.410. The summed E-state index contributed by atoms with van der Waals surface area (Å²) in [6.45, 7) is 7.52. The van der Waals surface area contributed by atoms with Crippen molar-refractivity contribution >= 4 is 11.8 Å². The summed E-state index contributed by atoms with van der Waals surface area (Å²) >= 11 is 1.86. The molecule has 0 saturated carbocycles. The lowest BCUT2D eigenvalue weighted by atomic mass is 10.3. The van der Waals surface area contributed by atoms with Gasteiger partial charge in [0.1, 0.15) is 5.76 Å². The van der Waals surface area contributed by atoms with E-state index in [-0.39, 0.29) is 0 Å². The number of hydrogen-bond donors (Lipinski definition) is 1. The van der Waals surface area contributed by atoms with Gasteiger partial charge in [-0.2, -0.15) is 0 Å². The fourth-order valence-corrected chi connectivity index (χ4v) is 2.14. The quantitative estimate of drug-likeness (QED) is 0.735. The third-order valence-electron chi connectivity index (χ3n) is 2.04. The highest BCUT2D eigenvalue weighted by molar-refractivity contribution is 7.99. The van der Waals surface area contributed by atoms with Crippen molar-refractivity contribution in [2.75, 3.05) is 12.3 Å². The predicted octanol–water partition coefficient (Wildman–Crippen LogP) is 3.07. The van der Waals surface area contributed by atoms with Gasteiger partial charge in [-0.25, -0.2) is 0 Å². The van der Waals surface area contributed by atoms with Gasteiger partial charge in [0.25, 0.3) is 0 Å². The van der Waals surface area contributed by atoms with Gasteiger partial charge in [-0.1, -0.05) is 6.92 Å². The lowest BCUT2D eigenvalue weighted by molar-refractivity contribution is 0.526. The second-order valence-electron chi connectivity index (χ2n) is 3.51. The van der Waals surface area contributed by atoms with Crippen LogP contribution in [0.1, 0.15) is 26.0 Å². The van der Waals surface area contributed by atoms with Crippen LogP contribution in [0.15, 0.2) is 21.6 Å². The number of furan rings is 1. The summed E-state index contributed by atoms with van der Waals surface area (Å²) in [5, 5.41) is 3.46. The minimum Gasteiger partial charge on any atom is -0.468 e. The molecule has 0 saturated heterocycles. The van der Waals surface area contributed by atoms with Crippen LogP contribution in [0.4, 0.5) is 0 Å². The van der Waals surface area contributed by atoms with Crippen LogP contribution in [-0.2, 0) is 0 Å². The van der Waals surface area contributed by atoms with Crippen molar-refractivity contribution in [1.29, 1.82) is 0 Å². The van der Waals surface area contributed by atoms with Gasteiger partial charge in [0, 0.05) is 16.7 Å². The molecule has 0 bridgehead atoms. The number of aryl methyl sites for hydroxylation is 1. The molecule has 0 radical (unpaired) electrons. The molecule has 80 valence electrons. The molecular weight excluding hydrogens is 194 g/mol. The second kappa shape index (κ2) is 6.14. The molecule has 2 nitrogen and oxygen atoms in total. The Kier molecular flexibility index (Phi) is 5.12. The van der Waals surface area contributed by atoms with Gasteiger partial charge in [-0.05, 0) is 32.9 Å². The van der Waals surface area contributed by atoms with E-state index in [9.17, 15) is 0 Å². The predicted molar refractivity (Wildman–Crippen MR) is 61.9 cm³/mol. The lowest BCUT2D eigenvalue weighted by Gasteiger charge is -2.11. The van der Waals surface area contributed by atoms with E-state index >= 15 is 0 Å². The molecule has 0 aliphatic heterocycles. The Morgan fingerprint density at radius 2 is 2.36 bits per heavy atom. The van der Waals surface area contributed by atoms with E-state index in [1.807, 2.05) is 24.8 Å². The molecule has 0 aliphatic carbocycles. The Bertz CT molecular complexity index is 260.